The molecule has 0 saturated carbocycles. The van der Waals surface area contributed by atoms with E-state index >= 15 is 0 Å². The van der Waals surface area contributed by atoms with Gasteiger partial charge in [0.15, 0.2) is 11.5 Å². The van der Waals surface area contributed by atoms with Crippen LogP contribution in [-0.2, 0) is 11.8 Å². The fourth-order valence-electron chi connectivity index (χ4n) is 4.09. The van der Waals surface area contributed by atoms with Gasteiger partial charge in [0.2, 0.25) is 0 Å². The van der Waals surface area contributed by atoms with Crippen LogP contribution in [0.15, 0.2) is 54.6 Å². The first-order chi connectivity index (χ1) is 19.2. The Labute approximate surface area is 228 Å². The number of ether oxygens (including phenoxy) is 3. The number of rotatable bonds is 5. The van der Waals surface area contributed by atoms with Crippen LogP contribution in [0.25, 0.3) is 10.9 Å². The molecule has 3 aromatic carbocycles. The molecule has 0 aliphatic rings. The Morgan fingerprint density at radius 2 is 1.20 bits per heavy atom. The molecule has 40 heavy (non-hydrogen) atoms. The first-order valence-electron chi connectivity index (χ1n) is 11.6. The van der Waals surface area contributed by atoms with Gasteiger partial charge in [0.1, 0.15) is 5.69 Å². The maximum absolute atomic E-state index is 12.6. The Hall–Kier alpha value is -5.81. The number of aromatic nitrogens is 1. The Balaban J connectivity index is 1.98. The molecule has 0 saturated heterocycles. The van der Waals surface area contributed by atoms with Crippen LogP contribution in [0.3, 0.4) is 0 Å². The molecule has 0 N–H and O–H groups in total. The number of aryl methyl sites for hydroxylation is 1. The van der Waals surface area contributed by atoms with E-state index in [0.717, 1.165) is 0 Å². The van der Waals surface area contributed by atoms with E-state index in [4.69, 9.17) is 14.2 Å². The van der Waals surface area contributed by atoms with Crippen LogP contribution in [0.4, 0.5) is 11.4 Å². The molecule has 11 heteroatoms. The summed E-state index contributed by atoms with van der Waals surface area (Å²) in [5, 5.41) is 22.5. The zero-order valence-corrected chi connectivity index (χ0v) is 21.8. The minimum absolute atomic E-state index is 0.0612. The van der Waals surface area contributed by atoms with E-state index in [0.29, 0.717) is 33.2 Å². The van der Waals surface area contributed by atoms with E-state index in [1.165, 1.54) is 69.9 Å². The summed E-state index contributed by atoms with van der Waals surface area (Å²) in [6.07, 6.45) is 0. The van der Waals surface area contributed by atoms with E-state index in [1.54, 1.807) is 17.7 Å². The van der Waals surface area contributed by atoms with E-state index < -0.39 is 15.8 Å². The minimum Gasteiger partial charge on any atom is -0.492 e. The maximum atomic E-state index is 12.6. The van der Waals surface area contributed by atoms with Crippen molar-refractivity contribution in [1.82, 2.24) is 4.57 Å². The molecule has 1 heterocycles. The third kappa shape index (κ3) is 5.12. The summed E-state index contributed by atoms with van der Waals surface area (Å²) in [7, 11) is 5.83. The quantitative estimate of drug-likeness (QED) is 0.155. The number of esters is 1. The molecule has 4 rings (SSSR count). The molecule has 200 valence electrons. The van der Waals surface area contributed by atoms with E-state index in [2.05, 4.69) is 23.7 Å². The number of nitro groups is 2. The van der Waals surface area contributed by atoms with Crippen LogP contribution >= 0.6 is 0 Å². The second kappa shape index (κ2) is 11.3. The lowest BCUT2D eigenvalue weighted by atomic mass is 10.0. The molecular formula is C29H21N3O8. The number of carbonyl (C=O) groups is 1. The molecular weight excluding hydrogens is 518 g/mol. The van der Waals surface area contributed by atoms with Gasteiger partial charge in [-0.1, -0.05) is 23.7 Å². The summed E-state index contributed by atoms with van der Waals surface area (Å²) < 4.78 is 18.0. The Kier molecular flexibility index (Phi) is 7.69. The number of nitrogens with zero attached hydrogens (tertiary/aromatic N) is 3. The summed E-state index contributed by atoms with van der Waals surface area (Å²) in [5.74, 6) is 12.0. The molecule has 0 spiro atoms. The van der Waals surface area contributed by atoms with Crippen molar-refractivity contribution in [1.29, 1.82) is 0 Å². The molecule has 11 nitrogen and oxygen atoms in total. The zero-order chi connectivity index (χ0) is 29.0. The average Bonchev–Trinajstić information content (AvgIpc) is 3.31. The first kappa shape index (κ1) is 27.2. The molecule has 0 radical (unpaired) electrons. The number of methoxy groups -OCH3 is 3. The Morgan fingerprint density at radius 3 is 1.62 bits per heavy atom. The Bertz CT molecular complexity index is 1780. The standard InChI is InChI=1S/C29H21N3O8/c1-30-25(29(33)40-4)17-24-22(15-9-18-5-11-20(12-6-18)31(34)35)27(38-2)28(39-3)23(26(24)30)16-10-19-7-13-21(14-8-19)32(36)37/h5-8,11-14,17H,1-4H3. The van der Waals surface area contributed by atoms with Gasteiger partial charge in [-0.3, -0.25) is 20.2 Å². The van der Waals surface area contributed by atoms with Gasteiger partial charge in [-0.05, 0) is 30.3 Å². The predicted octanol–water partition coefficient (Wildman–Crippen LogP) is 4.60. The maximum Gasteiger partial charge on any atom is 0.354 e. The van der Waals surface area contributed by atoms with Crippen LogP contribution < -0.4 is 9.47 Å². The van der Waals surface area contributed by atoms with Crippen LogP contribution in [0.1, 0.15) is 32.7 Å². The van der Waals surface area contributed by atoms with Crippen molar-refractivity contribution in [2.45, 2.75) is 0 Å². The number of non-ortho nitro benzene ring substituents is 2. The average molecular weight is 540 g/mol. The molecule has 0 aliphatic heterocycles. The van der Waals surface area contributed by atoms with Crippen LogP contribution in [0, 0.1) is 43.9 Å². The van der Waals surface area contributed by atoms with Crippen LogP contribution in [-0.4, -0.2) is 41.7 Å². The van der Waals surface area contributed by atoms with Crippen molar-refractivity contribution in [2.75, 3.05) is 21.3 Å². The highest BCUT2D eigenvalue weighted by Crippen LogP contribution is 2.42. The molecule has 0 fully saturated rings. The van der Waals surface area contributed by atoms with E-state index in [1.807, 2.05) is 0 Å². The number of hydrogen-bond acceptors (Lipinski definition) is 8. The second-order valence-electron chi connectivity index (χ2n) is 8.27. The van der Waals surface area contributed by atoms with Gasteiger partial charge in [0.25, 0.3) is 11.4 Å². The lowest BCUT2D eigenvalue weighted by Crippen LogP contribution is -2.07. The Morgan fingerprint density at radius 1 is 0.750 bits per heavy atom. The molecule has 0 aliphatic carbocycles. The van der Waals surface area contributed by atoms with Crippen molar-refractivity contribution in [3.05, 3.63) is 103 Å². The number of benzene rings is 3. The summed E-state index contributed by atoms with van der Waals surface area (Å²) in [6, 6.07) is 13.1. The number of carbonyl (C=O) groups excluding carboxylic acids is 1. The van der Waals surface area contributed by atoms with Gasteiger partial charge in [-0.15, -0.1) is 0 Å². The highest BCUT2D eigenvalue weighted by Gasteiger charge is 2.25. The third-order valence-corrected chi connectivity index (χ3v) is 6.02. The van der Waals surface area contributed by atoms with Crippen molar-refractivity contribution in [3.63, 3.8) is 0 Å². The van der Waals surface area contributed by atoms with Crippen molar-refractivity contribution in [3.8, 4) is 35.2 Å². The SMILES string of the molecule is COC(=O)c1cc2c(C#Cc3ccc([N+](=O)[O-])cc3)c(OC)c(OC)c(C#Cc3ccc([N+](=O)[O-])cc3)c2n1C. The summed E-state index contributed by atoms with van der Waals surface area (Å²) in [6.45, 7) is 0. The fourth-order valence-corrected chi connectivity index (χ4v) is 4.09. The fraction of sp³-hybridized carbons (Fsp3) is 0.138. The molecule has 0 atom stereocenters. The summed E-state index contributed by atoms with van der Waals surface area (Å²) in [4.78, 5) is 33.6. The highest BCUT2D eigenvalue weighted by molar-refractivity contribution is 6.02. The van der Waals surface area contributed by atoms with Crippen molar-refractivity contribution >= 4 is 28.2 Å². The summed E-state index contributed by atoms with van der Waals surface area (Å²) >= 11 is 0. The largest absolute Gasteiger partial charge is 0.492 e. The number of fused-ring (bicyclic) bond motifs is 1. The number of nitro benzene ring substituents is 2. The van der Waals surface area contributed by atoms with E-state index in [-0.39, 0.29) is 28.6 Å². The molecule has 1 aromatic heterocycles. The topological polar surface area (TPSA) is 136 Å². The lowest BCUT2D eigenvalue weighted by molar-refractivity contribution is -0.385. The predicted molar refractivity (Wildman–Crippen MR) is 146 cm³/mol. The highest BCUT2D eigenvalue weighted by atomic mass is 16.6. The smallest absolute Gasteiger partial charge is 0.354 e. The van der Waals surface area contributed by atoms with Gasteiger partial charge in [-0.25, -0.2) is 4.79 Å². The molecule has 0 unspecified atom stereocenters. The first-order valence-corrected chi connectivity index (χ1v) is 11.6. The van der Waals surface area contributed by atoms with Gasteiger partial charge in [0.05, 0.1) is 47.8 Å². The van der Waals surface area contributed by atoms with Crippen LogP contribution in [0.2, 0.25) is 0 Å². The monoisotopic (exact) mass is 539 g/mol. The number of hydrogen-bond donors (Lipinski definition) is 0. The molecule has 0 amide bonds. The second-order valence-corrected chi connectivity index (χ2v) is 8.27. The summed E-state index contributed by atoms with van der Waals surface area (Å²) in [5.41, 5.74) is 2.45. The van der Waals surface area contributed by atoms with Gasteiger partial charge < -0.3 is 18.8 Å². The van der Waals surface area contributed by atoms with Crippen molar-refractivity contribution in [2.24, 2.45) is 7.05 Å². The molecule has 4 aromatic rings. The lowest BCUT2D eigenvalue weighted by Gasteiger charge is -2.15. The van der Waals surface area contributed by atoms with Gasteiger partial charge >= 0.3 is 5.97 Å². The van der Waals surface area contributed by atoms with Crippen LogP contribution in [0.5, 0.6) is 11.5 Å². The van der Waals surface area contributed by atoms with Gasteiger partial charge in [0, 0.05) is 47.8 Å². The van der Waals surface area contributed by atoms with E-state index in [9.17, 15) is 25.0 Å². The normalized spacial score (nSPS) is 10.1. The van der Waals surface area contributed by atoms with Gasteiger partial charge in [-0.2, -0.15) is 0 Å². The van der Waals surface area contributed by atoms with Crippen molar-refractivity contribution < 1.29 is 28.9 Å². The third-order valence-electron chi connectivity index (χ3n) is 6.02. The molecule has 0 bridgehead atoms. The minimum atomic E-state index is -0.583. The zero-order valence-electron chi connectivity index (χ0n) is 21.8.